The molecule has 0 fully saturated rings. The molecule has 1 aromatic heterocycles. The van der Waals surface area contributed by atoms with Crippen LogP contribution in [0.3, 0.4) is 0 Å². The lowest BCUT2D eigenvalue weighted by molar-refractivity contribution is 0.387. The van der Waals surface area contributed by atoms with Gasteiger partial charge in [0.15, 0.2) is 11.6 Å². The highest BCUT2D eigenvalue weighted by atomic mass is 35.5. The molecular formula is C13H12ClFN2O. The minimum atomic E-state index is -0.440. The summed E-state index contributed by atoms with van der Waals surface area (Å²) in [5.74, 6) is -0.256. The van der Waals surface area contributed by atoms with Gasteiger partial charge in [-0.3, -0.25) is 0 Å². The molecule has 1 heterocycles. The number of aromatic nitrogens is 2. The molecule has 94 valence electrons. The van der Waals surface area contributed by atoms with E-state index in [0.717, 1.165) is 5.56 Å². The van der Waals surface area contributed by atoms with Crippen LogP contribution in [0.15, 0.2) is 24.5 Å². The summed E-state index contributed by atoms with van der Waals surface area (Å²) < 4.78 is 19.1. The zero-order valence-electron chi connectivity index (χ0n) is 10.1. The Morgan fingerprint density at radius 2 is 2.11 bits per heavy atom. The van der Waals surface area contributed by atoms with Crippen molar-refractivity contribution < 1.29 is 9.13 Å². The van der Waals surface area contributed by atoms with Gasteiger partial charge in [-0.2, -0.15) is 0 Å². The van der Waals surface area contributed by atoms with Crippen LogP contribution in [-0.2, 0) is 6.42 Å². The van der Waals surface area contributed by atoms with Gasteiger partial charge in [0.25, 0.3) is 0 Å². The van der Waals surface area contributed by atoms with Crippen LogP contribution in [0.5, 0.6) is 5.75 Å². The fraction of sp³-hybridized carbons (Fsp3) is 0.231. The molecule has 2 rings (SSSR count). The van der Waals surface area contributed by atoms with E-state index in [-0.39, 0.29) is 5.75 Å². The first-order valence-electron chi connectivity index (χ1n) is 5.51. The molecular weight excluding hydrogens is 255 g/mol. The van der Waals surface area contributed by atoms with E-state index in [0.29, 0.717) is 22.8 Å². The lowest BCUT2D eigenvalue weighted by atomic mass is 10.0. The molecule has 3 nitrogen and oxygen atoms in total. The van der Waals surface area contributed by atoms with Gasteiger partial charge in [0.05, 0.1) is 12.8 Å². The summed E-state index contributed by atoms with van der Waals surface area (Å²) in [4.78, 5) is 8.03. The Kier molecular flexibility index (Phi) is 3.77. The topological polar surface area (TPSA) is 35.0 Å². The van der Waals surface area contributed by atoms with Gasteiger partial charge in [-0.15, -0.1) is 0 Å². The molecule has 0 N–H and O–H groups in total. The Morgan fingerprint density at radius 3 is 2.78 bits per heavy atom. The zero-order chi connectivity index (χ0) is 13.1. The first kappa shape index (κ1) is 12.8. The van der Waals surface area contributed by atoms with Crippen LogP contribution < -0.4 is 4.74 Å². The Morgan fingerprint density at radius 1 is 1.33 bits per heavy atom. The predicted octanol–water partition coefficient (Wildman–Crippen LogP) is 3.51. The third kappa shape index (κ3) is 2.16. The summed E-state index contributed by atoms with van der Waals surface area (Å²) >= 11 is 6.00. The molecule has 0 saturated heterocycles. The molecule has 0 amide bonds. The third-order valence-electron chi connectivity index (χ3n) is 2.68. The van der Waals surface area contributed by atoms with Crippen molar-refractivity contribution in [1.29, 1.82) is 0 Å². The SMILES string of the molecule is CCc1c(Cl)ncnc1-c1cccc(OC)c1F. The number of rotatable bonds is 3. The highest BCUT2D eigenvalue weighted by Gasteiger charge is 2.16. The summed E-state index contributed by atoms with van der Waals surface area (Å²) in [6, 6.07) is 4.93. The van der Waals surface area contributed by atoms with Crippen LogP contribution in [0, 0.1) is 5.82 Å². The number of halogens is 2. The molecule has 0 aliphatic heterocycles. The van der Waals surface area contributed by atoms with Crippen LogP contribution in [0.1, 0.15) is 12.5 Å². The fourth-order valence-corrected chi connectivity index (χ4v) is 2.05. The Balaban J connectivity index is 2.66. The minimum Gasteiger partial charge on any atom is -0.494 e. The molecule has 1 aromatic carbocycles. The van der Waals surface area contributed by atoms with Gasteiger partial charge in [0.1, 0.15) is 11.5 Å². The van der Waals surface area contributed by atoms with Gasteiger partial charge in [-0.1, -0.05) is 24.6 Å². The second-order valence-corrected chi connectivity index (χ2v) is 4.03. The largest absolute Gasteiger partial charge is 0.494 e. The van der Waals surface area contributed by atoms with Crippen molar-refractivity contribution in [3.05, 3.63) is 41.1 Å². The van der Waals surface area contributed by atoms with Crippen LogP contribution in [0.25, 0.3) is 11.3 Å². The molecule has 2 aromatic rings. The molecule has 0 aliphatic carbocycles. The smallest absolute Gasteiger partial charge is 0.174 e. The van der Waals surface area contributed by atoms with Crippen LogP contribution in [-0.4, -0.2) is 17.1 Å². The van der Waals surface area contributed by atoms with E-state index in [1.54, 1.807) is 18.2 Å². The highest BCUT2D eigenvalue weighted by molar-refractivity contribution is 6.30. The predicted molar refractivity (Wildman–Crippen MR) is 68.4 cm³/mol. The van der Waals surface area contributed by atoms with E-state index >= 15 is 0 Å². The quantitative estimate of drug-likeness (QED) is 0.798. The zero-order valence-corrected chi connectivity index (χ0v) is 10.8. The average molecular weight is 267 g/mol. The summed E-state index contributed by atoms with van der Waals surface area (Å²) in [7, 11) is 1.43. The van der Waals surface area contributed by atoms with Crippen molar-refractivity contribution in [2.45, 2.75) is 13.3 Å². The van der Waals surface area contributed by atoms with Crippen molar-refractivity contribution >= 4 is 11.6 Å². The average Bonchev–Trinajstić information content (AvgIpc) is 2.39. The second-order valence-electron chi connectivity index (χ2n) is 3.67. The Bertz CT molecular complexity index is 575. The molecule has 0 atom stereocenters. The summed E-state index contributed by atoms with van der Waals surface area (Å²) in [6.45, 7) is 1.92. The van der Waals surface area contributed by atoms with E-state index in [1.807, 2.05) is 6.92 Å². The molecule has 0 radical (unpaired) electrons. The number of methoxy groups -OCH3 is 1. The molecule has 5 heteroatoms. The molecule has 0 spiro atoms. The van der Waals surface area contributed by atoms with Crippen molar-refractivity contribution in [2.75, 3.05) is 7.11 Å². The van der Waals surface area contributed by atoms with Gasteiger partial charge in [0.2, 0.25) is 0 Å². The van der Waals surface area contributed by atoms with E-state index < -0.39 is 5.82 Å². The van der Waals surface area contributed by atoms with Gasteiger partial charge in [-0.25, -0.2) is 14.4 Å². The normalized spacial score (nSPS) is 10.4. The number of ether oxygens (including phenoxy) is 1. The number of nitrogens with zero attached hydrogens (tertiary/aromatic N) is 2. The number of benzene rings is 1. The number of hydrogen-bond donors (Lipinski definition) is 0. The Labute approximate surface area is 110 Å². The standard InChI is InChI=1S/C13H12ClFN2O/c1-3-8-12(16-7-17-13(8)14)9-5-4-6-10(18-2)11(9)15/h4-7H,3H2,1-2H3. The first-order valence-corrected chi connectivity index (χ1v) is 5.89. The van der Waals surface area contributed by atoms with E-state index in [1.165, 1.54) is 13.4 Å². The van der Waals surface area contributed by atoms with Crippen LogP contribution in [0.2, 0.25) is 5.15 Å². The van der Waals surface area contributed by atoms with Crippen molar-refractivity contribution in [3.8, 4) is 17.0 Å². The molecule has 0 unspecified atom stereocenters. The lowest BCUT2D eigenvalue weighted by Crippen LogP contribution is -1.98. The lowest BCUT2D eigenvalue weighted by Gasteiger charge is -2.10. The molecule has 18 heavy (non-hydrogen) atoms. The minimum absolute atomic E-state index is 0.185. The second kappa shape index (κ2) is 5.31. The highest BCUT2D eigenvalue weighted by Crippen LogP contribution is 2.31. The third-order valence-corrected chi connectivity index (χ3v) is 3.01. The summed E-state index contributed by atoms with van der Waals surface area (Å²) in [6.07, 6.45) is 1.96. The van der Waals surface area contributed by atoms with Gasteiger partial charge >= 0.3 is 0 Å². The first-order chi connectivity index (χ1) is 8.69. The maximum atomic E-state index is 14.2. The van der Waals surface area contributed by atoms with Crippen molar-refractivity contribution in [1.82, 2.24) is 9.97 Å². The van der Waals surface area contributed by atoms with Crippen LogP contribution >= 0.6 is 11.6 Å². The number of hydrogen-bond acceptors (Lipinski definition) is 3. The molecule has 0 bridgehead atoms. The van der Waals surface area contributed by atoms with Gasteiger partial charge in [-0.05, 0) is 18.6 Å². The maximum Gasteiger partial charge on any atom is 0.174 e. The molecule has 0 saturated carbocycles. The van der Waals surface area contributed by atoms with Crippen molar-refractivity contribution in [3.63, 3.8) is 0 Å². The van der Waals surface area contributed by atoms with Gasteiger partial charge < -0.3 is 4.74 Å². The summed E-state index contributed by atoms with van der Waals surface area (Å²) in [5.41, 5.74) is 1.61. The Hall–Kier alpha value is -1.68. The summed E-state index contributed by atoms with van der Waals surface area (Å²) in [5, 5.41) is 0.352. The van der Waals surface area contributed by atoms with Crippen LogP contribution in [0.4, 0.5) is 4.39 Å². The molecule has 0 aliphatic rings. The monoisotopic (exact) mass is 266 g/mol. The van der Waals surface area contributed by atoms with Gasteiger partial charge in [0, 0.05) is 11.1 Å². The van der Waals surface area contributed by atoms with Crippen molar-refractivity contribution in [2.24, 2.45) is 0 Å². The maximum absolute atomic E-state index is 14.2. The van der Waals surface area contributed by atoms with E-state index in [9.17, 15) is 4.39 Å². The fourth-order valence-electron chi connectivity index (χ4n) is 1.79. The van der Waals surface area contributed by atoms with E-state index in [2.05, 4.69) is 9.97 Å². The van der Waals surface area contributed by atoms with E-state index in [4.69, 9.17) is 16.3 Å².